The lowest BCUT2D eigenvalue weighted by molar-refractivity contribution is 0.0289. The lowest BCUT2D eigenvalue weighted by atomic mass is 10.1. The Hall–Kier alpha value is -2.03. The molecular weight excluding hydrogens is 216 g/mol. The molecule has 2 aromatic rings. The van der Waals surface area contributed by atoms with Crippen LogP contribution in [0.5, 0.6) is 0 Å². The minimum absolute atomic E-state index is 0.0648. The summed E-state index contributed by atoms with van der Waals surface area (Å²) in [6.45, 7) is 0. The summed E-state index contributed by atoms with van der Waals surface area (Å²) in [6, 6.07) is 11.5. The maximum atomic E-state index is 11.7. The molecule has 0 aliphatic heterocycles. The predicted octanol–water partition coefficient (Wildman–Crippen LogP) is 2.60. The van der Waals surface area contributed by atoms with E-state index < -0.39 is 0 Å². The van der Waals surface area contributed by atoms with Gasteiger partial charge < -0.3 is 9.15 Å². The Balaban J connectivity index is 1.68. The zero-order valence-corrected chi connectivity index (χ0v) is 9.26. The van der Waals surface area contributed by atoms with E-state index in [1.807, 2.05) is 12.1 Å². The van der Waals surface area contributed by atoms with Crippen molar-refractivity contribution in [2.24, 2.45) is 0 Å². The maximum Gasteiger partial charge on any atom is 0.374 e. The van der Waals surface area contributed by atoms with E-state index in [0.717, 1.165) is 12.8 Å². The average molecular weight is 228 g/mol. The molecule has 1 aliphatic carbocycles. The average Bonchev–Trinajstić information content (AvgIpc) is 2.97. The molecule has 3 nitrogen and oxygen atoms in total. The number of rotatable bonds is 2. The van der Waals surface area contributed by atoms with Crippen LogP contribution in [0.4, 0.5) is 0 Å². The first-order valence-electron chi connectivity index (χ1n) is 5.64. The van der Waals surface area contributed by atoms with Gasteiger partial charge in [0.25, 0.3) is 0 Å². The number of ether oxygens (including phenoxy) is 1. The van der Waals surface area contributed by atoms with Crippen molar-refractivity contribution in [3.05, 3.63) is 59.5 Å². The first-order chi connectivity index (χ1) is 8.33. The first-order valence-corrected chi connectivity index (χ1v) is 5.64. The molecule has 0 radical (unpaired) electrons. The summed E-state index contributed by atoms with van der Waals surface area (Å²) < 4.78 is 10.4. The topological polar surface area (TPSA) is 39.4 Å². The van der Waals surface area contributed by atoms with Crippen molar-refractivity contribution in [2.75, 3.05) is 0 Å². The minimum Gasteiger partial charge on any atom is -0.457 e. The molecule has 3 heteroatoms. The van der Waals surface area contributed by atoms with Crippen molar-refractivity contribution in [1.82, 2.24) is 0 Å². The fourth-order valence-corrected chi connectivity index (χ4v) is 2.21. The van der Waals surface area contributed by atoms with Gasteiger partial charge >= 0.3 is 5.97 Å². The molecule has 1 aromatic carbocycles. The molecule has 86 valence electrons. The third-order valence-corrected chi connectivity index (χ3v) is 3.01. The monoisotopic (exact) mass is 228 g/mol. The van der Waals surface area contributed by atoms with Gasteiger partial charge in [-0.3, -0.25) is 0 Å². The first kappa shape index (κ1) is 10.1. The largest absolute Gasteiger partial charge is 0.457 e. The lowest BCUT2D eigenvalue weighted by Gasteiger charge is -2.09. The van der Waals surface area contributed by atoms with Gasteiger partial charge in [0.15, 0.2) is 0 Å². The third-order valence-electron chi connectivity index (χ3n) is 3.01. The van der Waals surface area contributed by atoms with Gasteiger partial charge in [0.1, 0.15) is 6.10 Å². The van der Waals surface area contributed by atoms with Crippen LogP contribution in [0, 0.1) is 0 Å². The highest BCUT2D eigenvalue weighted by molar-refractivity contribution is 5.86. The van der Waals surface area contributed by atoms with Crippen LogP contribution in [0.25, 0.3) is 0 Å². The lowest BCUT2D eigenvalue weighted by Crippen LogP contribution is -2.18. The SMILES string of the molecule is O=C(OC1Cc2ccccc2C1)c1ccco1. The Bertz CT molecular complexity index is 503. The van der Waals surface area contributed by atoms with E-state index >= 15 is 0 Å². The van der Waals surface area contributed by atoms with Gasteiger partial charge in [-0.05, 0) is 23.3 Å². The van der Waals surface area contributed by atoms with Crippen molar-refractivity contribution < 1.29 is 13.9 Å². The number of hydrogen-bond donors (Lipinski definition) is 0. The van der Waals surface area contributed by atoms with Gasteiger partial charge in [0.2, 0.25) is 5.76 Å². The van der Waals surface area contributed by atoms with Crippen molar-refractivity contribution >= 4 is 5.97 Å². The molecule has 0 saturated heterocycles. The highest BCUT2D eigenvalue weighted by Gasteiger charge is 2.25. The Morgan fingerprint density at radius 2 is 1.82 bits per heavy atom. The van der Waals surface area contributed by atoms with Crippen molar-refractivity contribution in [2.45, 2.75) is 18.9 Å². The molecule has 0 amide bonds. The number of carbonyl (C=O) groups is 1. The smallest absolute Gasteiger partial charge is 0.374 e. The molecule has 0 N–H and O–H groups in total. The third kappa shape index (κ3) is 1.96. The van der Waals surface area contributed by atoms with E-state index in [1.54, 1.807) is 12.1 Å². The van der Waals surface area contributed by atoms with Gasteiger partial charge in [0, 0.05) is 12.8 Å². The Kier molecular flexibility index (Phi) is 2.44. The molecule has 1 aliphatic rings. The van der Waals surface area contributed by atoms with Crippen LogP contribution >= 0.6 is 0 Å². The van der Waals surface area contributed by atoms with Gasteiger partial charge in [-0.1, -0.05) is 24.3 Å². The number of carbonyl (C=O) groups excluding carboxylic acids is 1. The van der Waals surface area contributed by atoms with Gasteiger partial charge in [0.05, 0.1) is 6.26 Å². The molecule has 17 heavy (non-hydrogen) atoms. The number of furan rings is 1. The summed E-state index contributed by atoms with van der Waals surface area (Å²) in [5.74, 6) is -0.117. The van der Waals surface area contributed by atoms with E-state index in [1.165, 1.54) is 17.4 Å². The van der Waals surface area contributed by atoms with Crippen LogP contribution < -0.4 is 0 Å². The zero-order chi connectivity index (χ0) is 11.7. The molecule has 0 fully saturated rings. The molecule has 3 rings (SSSR count). The Labute approximate surface area is 99.0 Å². The minimum atomic E-state index is -0.382. The van der Waals surface area contributed by atoms with E-state index in [4.69, 9.17) is 9.15 Å². The molecule has 0 unspecified atom stereocenters. The Morgan fingerprint density at radius 1 is 1.12 bits per heavy atom. The maximum absolute atomic E-state index is 11.7. The summed E-state index contributed by atoms with van der Waals surface area (Å²) in [6.07, 6.45) is 3.00. The van der Waals surface area contributed by atoms with Crippen LogP contribution in [-0.2, 0) is 17.6 Å². The summed E-state index contributed by atoms with van der Waals surface area (Å²) >= 11 is 0. The highest BCUT2D eigenvalue weighted by Crippen LogP contribution is 2.24. The fourth-order valence-electron chi connectivity index (χ4n) is 2.21. The number of benzene rings is 1. The van der Waals surface area contributed by atoms with Gasteiger partial charge in [-0.25, -0.2) is 4.79 Å². The second-order valence-corrected chi connectivity index (χ2v) is 4.18. The van der Waals surface area contributed by atoms with Crippen molar-refractivity contribution in [1.29, 1.82) is 0 Å². The predicted molar refractivity (Wildman–Crippen MR) is 61.8 cm³/mol. The second kappa shape index (κ2) is 4.09. The normalized spacial score (nSPS) is 14.6. The summed E-state index contributed by atoms with van der Waals surface area (Å²) in [5.41, 5.74) is 2.54. The molecule has 1 aromatic heterocycles. The number of fused-ring (bicyclic) bond motifs is 1. The van der Waals surface area contributed by atoms with E-state index in [0.29, 0.717) is 0 Å². The van der Waals surface area contributed by atoms with Crippen molar-refractivity contribution in [3.63, 3.8) is 0 Å². The summed E-state index contributed by atoms with van der Waals surface area (Å²) in [7, 11) is 0. The summed E-state index contributed by atoms with van der Waals surface area (Å²) in [4.78, 5) is 11.7. The van der Waals surface area contributed by atoms with Gasteiger partial charge in [-0.15, -0.1) is 0 Å². The molecule has 1 heterocycles. The molecule has 0 spiro atoms. The fraction of sp³-hybridized carbons (Fsp3) is 0.214. The quantitative estimate of drug-likeness (QED) is 0.742. The zero-order valence-electron chi connectivity index (χ0n) is 9.26. The van der Waals surface area contributed by atoms with Crippen LogP contribution in [0.2, 0.25) is 0 Å². The second-order valence-electron chi connectivity index (χ2n) is 4.18. The van der Waals surface area contributed by atoms with E-state index in [9.17, 15) is 4.79 Å². The molecular formula is C14H12O3. The van der Waals surface area contributed by atoms with Crippen LogP contribution in [0.3, 0.4) is 0 Å². The Morgan fingerprint density at radius 3 is 2.41 bits per heavy atom. The standard InChI is InChI=1S/C14H12O3/c15-14(13-6-3-7-16-13)17-12-8-10-4-1-2-5-11(10)9-12/h1-7,12H,8-9H2. The van der Waals surface area contributed by atoms with Gasteiger partial charge in [-0.2, -0.15) is 0 Å². The summed E-state index contributed by atoms with van der Waals surface area (Å²) in [5, 5.41) is 0. The van der Waals surface area contributed by atoms with Crippen molar-refractivity contribution in [3.8, 4) is 0 Å². The molecule has 0 atom stereocenters. The van der Waals surface area contributed by atoms with Crippen LogP contribution in [0.1, 0.15) is 21.7 Å². The highest BCUT2D eigenvalue weighted by atomic mass is 16.6. The molecule has 0 bridgehead atoms. The van der Waals surface area contributed by atoms with E-state index in [-0.39, 0.29) is 17.8 Å². The van der Waals surface area contributed by atoms with Crippen LogP contribution in [0.15, 0.2) is 47.1 Å². The molecule has 0 saturated carbocycles. The number of hydrogen-bond acceptors (Lipinski definition) is 3. The van der Waals surface area contributed by atoms with Crippen LogP contribution in [-0.4, -0.2) is 12.1 Å². The number of esters is 1. The van der Waals surface area contributed by atoms with E-state index in [2.05, 4.69) is 12.1 Å².